The molecule has 0 bridgehead atoms. The van der Waals surface area contributed by atoms with E-state index >= 15 is 0 Å². The van der Waals surface area contributed by atoms with Crippen LogP contribution in [0.25, 0.3) is 0 Å². The van der Waals surface area contributed by atoms with E-state index in [1.165, 1.54) is 5.75 Å². The summed E-state index contributed by atoms with van der Waals surface area (Å²) >= 11 is 1.91. The van der Waals surface area contributed by atoms with Gasteiger partial charge in [-0.1, -0.05) is 6.92 Å². The molecule has 1 saturated heterocycles. The molecule has 0 spiro atoms. The minimum absolute atomic E-state index is 0.240. The third kappa shape index (κ3) is 7.28. The molecule has 1 heterocycles. The molecule has 1 atom stereocenters. The molecule has 1 unspecified atom stereocenters. The maximum Gasteiger partial charge on any atom is 0.211 e. The summed E-state index contributed by atoms with van der Waals surface area (Å²) in [5.41, 5.74) is 0. The van der Waals surface area contributed by atoms with Crippen LogP contribution in [0.3, 0.4) is 0 Å². The lowest BCUT2D eigenvalue weighted by Gasteiger charge is -2.10. The van der Waals surface area contributed by atoms with Crippen molar-refractivity contribution < 1.29 is 8.42 Å². The Bertz CT molecular complexity index is 288. The fourth-order valence-electron chi connectivity index (χ4n) is 1.75. The van der Waals surface area contributed by atoms with Gasteiger partial charge in [0.2, 0.25) is 10.0 Å². The van der Waals surface area contributed by atoms with Crippen LogP contribution < -0.4 is 10.0 Å². The Morgan fingerprint density at radius 2 is 2.18 bits per heavy atom. The van der Waals surface area contributed by atoms with Crippen molar-refractivity contribution in [2.45, 2.75) is 26.2 Å². The molecule has 1 fully saturated rings. The van der Waals surface area contributed by atoms with Crippen LogP contribution in [-0.4, -0.2) is 45.3 Å². The molecule has 2 N–H and O–H groups in total. The van der Waals surface area contributed by atoms with Crippen molar-refractivity contribution in [3.8, 4) is 0 Å². The van der Waals surface area contributed by atoms with Gasteiger partial charge in [-0.15, -0.1) is 0 Å². The first-order chi connectivity index (χ1) is 8.14. The Morgan fingerprint density at radius 1 is 1.35 bits per heavy atom. The van der Waals surface area contributed by atoms with Gasteiger partial charge in [0.25, 0.3) is 0 Å². The Morgan fingerprint density at radius 3 is 2.82 bits per heavy atom. The zero-order valence-corrected chi connectivity index (χ0v) is 12.2. The van der Waals surface area contributed by atoms with Gasteiger partial charge in [-0.25, -0.2) is 13.1 Å². The van der Waals surface area contributed by atoms with E-state index in [-0.39, 0.29) is 5.75 Å². The van der Waals surface area contributed by atoms with Crippen LogP contribution in [0.4, 0.5) is 0 Å². The summed E-state index contributed by atoms with van der Waals surface area (Å²) in [4.78, 5) is 0. The number of hydrogen-bond acceptors (Lipinski definition) is 4. The second-order valence-electron chi connectivity index (χ2n) is 4.50. The third-order valence-corrected chi connectivity index (χ3v) is 5.47. The van der Waals surface area contributed by atoms with Gasteiger partial charge in [0.15, 0.2) is 0 Å². The maximum absolute atomic E-state index is 11.7. The molecule has 4 nitrogen and oxygen atoms in total. The van der Waals surface area contributed by atoms with Crippen LogP contribution in [0.2, 0.25) is 0 Å². The first-order valence-electron chi connectivity index (χ1n) is 6.40. The van der Waals surface area contributed by atoms with E-state index in [0.717, 1.165) is 31.7 Å². The molecule has 0 saturated carbocycles. The molecule has 102 valence electrons. The quantitative estimate of drug-likeness (QED) is 0.620. The molecule has 17 heavy (non-hydrogen) atoms. The molecule has 0 aromatic heterocycles. The van der Waals surface area contributed by atoms with Crippen LogP contribution in [0.15, 0.2) is 0 Å². The van der Waals surface area contributed by atoms with Crippen molar-refractivity contribution >= 4 is 21.8 Å². The Labute approximate surface area is 109 Å². The average Bonchev–Trinajstić information content (AvgIpc) is 2.79. The normalized spacial score (nSPS) is 20.9. The topological polar surface area (TPSA) is 58.2 Å². The number of sulfonamides is 1. The number of hydrogen-bond donors (Lipinski definition) is 2. The first kappa shape index (κ1) is 15.3. The van der Waals surface area contributed by atoms with E-state index in [4.69, 9.17) is 0 Å². The van der Waals surface area contributed by atoms with Crippen LogP contribution in [0, 0.1) is 5.92 Å². The second-order valence-corrected chi connectivity index (χ2v) is 7.58. The molecule has 6 heteroatoms. The molecule has 0 aliphatic carbocycles. The summed E-state index contributed by atoms with van der Waals surface area (Å²) in [6.45, 7) is 4.48. The lowest BCUT2D eigenvalue weighted by Crippen LogP contribution is -2.32. The number of thioether (sulfide) groups is 1. The standard InChI is InChI=1S/C11H24N2O2S2/c1-2-5-12-6-3-8-17(14,15)13-9-11-4-7-16-10-11/h11-13H,2-10H2,1H3. The van der Waals surface area contributed by atoms with E-state index in [1.54, 1.807) is 0 Å². The highest BCUT2D eigenvalue weighted by molar-refractivity contribution is 7.99. The van der Waals surface area contributed by atoms with E-state index in [2.05, 4.69) is 17.0 Å². The van der Waals surface area contributed by atoms with Gasteiger partial charge < -0.3 is 5.32 Å². The van der Waals surface area contributed by atoms with Gasteiger partial charge in [-0.3, -0.25) is 0 Å². The third-order valence-electron chi connectivity index (χ3n) is 2.81. The van der Waals surface area contributed by atoms with Crippen LogP contribution >= 0.6 is 11.8 Å². The summed E-state index contributed by atoms with van der Waals surface area (Å²) in [7, 11) is -3.06. The van der Waals surface area contributed by atoms with Crippen molar-refractivity contribution in [3.63, 3.8) is 0 Å². The van der Waals surface area contributed by atoms with Crippen LogP contribution in [-0.2, 0) is 10.0 Å². The molecule has 1 aliphatic rings. The van der Waals surface area contributed by atoms with Gasteiger partial charge in [0, 0.05) is 6.54 Å². The van der Waals surface area contributed by atoms with Crippen molar-refractivity contribution in [2.24, 2.45) is 5.92 Å². The summed E-state index contributed by atoms with van der Waals surface area (Å²) < 4.78 is 26.1. The Hall–Kier alpha value is 0.220. The van der Waals surface area contributed by atoms with Crippen molar-refractivity contribution in [2.75, 3.05) is 36.9 Å². The van der Waals surface area contributed by atoms with Gasteiger partial charge in [-0.05, 0) is 49.8 Å². The highest BCUT2D eigenvalue weighted by atomic mass is 32.2. The van der Waals surface area contributed by atoms with Crippen molar-refractivity contribution in [1.29, 1.82) is 0 Å². The van der Waals surface area contributed by atoms with Crippen LogP contribution in [0.1, 0.15) is 26.2 Å². The second kappa shape index (κ2) is 8.34. The minimum atomic E-state index is -3.06. The fraction of sp³-hybridized carbons (Fsp3) is 1.00. The summed E-state index contributed by atoms with van der Waals surface area (Å²) in [6.07, 6.45) is 2.92. The van der Waals surface area contributed by atoms with Crippen molar-refractivity contribution in [3.05, 3.63) is 0 Å². The molecule has 1 aliphatic heterocycles. The molecule has 0 amide bonds. The largest absolute Gasteiger partial charge is 0.317 e. The van der Waals surface area contributed by atoms with Gasteiger partial charge in [0.1, 0.15) is 0 Å². The summed E-state index contributed by atoms with van der Waals surface area (Å²) in [6, 6.07) is 0. The van der Waals surface area contributed by atoms with E-state index in [9.17, 15) is 8.42 Å². The zero-order chi connectivity index (χ0) is 12.6. The molecular weight excluding hydrogens is 256 g/mol. The average molecular weight is 280 g/mol. The first-order valence-corrected chi connectivity index (χ1v) is 9.20. The maximum atomic E-state index is 11.7. The predicted octanol–water partition coefficient (Wildman–Crippen LogP) is 1.05. The van der Waals surface area contributed by atoms with Gasteiger partial charge in [0.05, 0.1) is 5.75 Å². The van der Waals surface area contributed by atoms with Gasteiger partial charge in [-0.2, -0.15) is 11.8 Å². The van der Waals surface area contributed by atoms with Crippen LogP contribution in [0.5, 0.6) is 0 Å². The highest BCUT2D eigenvalue weighted by Gasteiger charge is 2.18. The molecule has 0 aromatic rings. The zero-order valence-electron chi connectivity index (χ0n) is 10.6. The van der Waals surface area contributed by atoms with E-state index < -0.39 is 10.0 Å². The summed E-state index contributed by atoms with van der Waals surface area (Å²) in [5, 5.41) is 3.21. The summed E-state index contributed by atoms with van der Waals surface area (Å²) in [5.74, 6) is 3.05. The Balaban J connectivity index is 2.08. The number of rotatable bonds is 9. The molecule has 1 rings (SSSR count). The van der Waals surface area contributed by atoms with Crippen molar-refractivity contribution in [1.82, 2.24) is 10.0 Å². The Kier molecular flexibility index (Phi) is 7.50. The minimum Gasteiger partial charge on any atom is -0.317 e. The van der Waals surface area contributed by atoms with Gasteiger partial charge >= 0.3 is 0 Å². The molecular formula is C11H24N2O2S2. The lowest BCUT2D eigenvalue weighted by atomic mass is 10.1. The molecule has 0 aromatic carbocycles. The number of nitrogens with one attached hydrogen (secondary N) is 2. The highest BCUT2D eigenvalue weighted by Crippen LogP contribution is 2.22. The molecule has 0 radical (unpaired) electrons. The smallest absolute Gasteiger partial charge is 0.211 e. The SMILES string of the molecule is CCCNCCCS(=O)(=O)NCC1CCSC1. The lowest BCUT2D eigenvalue weighted by molar-refractivity contribution is 0.542. The fourth-order valence-corrected chi connectivity index (χ4v) is 4.19. The van der Waals surface area contributed by atoms with E-state index in [0.29, 0.717) is 18.9 Å². The monoisotopic (exact) mass is 280 g/mol. The predicted molar refractivity (Wildman–Crippen MR) is 75.0 cm³/mol. The van der Waals surface area contributed by atoms with E-state index in [1.807, 2.05) is 11.8 Å².